The number of Topliss-reactive ketones (excluding diaryl/α,β-unsaturated/α-hetero) is 1. The van der Waals surface area contributed by atoms with Gasteiger partial charge in [0.05, 0.1) is 5.60 Å². The van der Waals surface area contributed by atoms with E-state index in [9.17, 15) is 9.90 Å². The highest BCUT2D eigenvalue weighted by Gasteiger charge is 2.73. The minimum absolute atomic E-state index is 0.0932. The van der Waals surface area contributed by atoms with E-state index in [0.29, 0.717) is 23.5 Å². The van der Waals surface area contributed by atoms with Crippen molar-refractivity contribution < 1.29 is 9.90 Å². The molecular weight excluding hydrogens is 272 g/mol. The SMILES string of the molecule is C[C@@H]1CC(=O)[C@H]2C[C@H]3[C@]4(C)CC[C@@H]4[C@@](C)(O)CC[C@@]13C2(C)C. The number of hydrogen-bond donors (Lipinski definition) is 1. The standard InChI is InChI=1S/C20H32O2/c1-12-10-14(21)13-11-16-18(4)7-6-15(18)19(5,22)8-9-20(12,16)17(13,2)3/h12-13,15-16,22H,6-11H2,1-5H3/t12-,13-,15+,16+,18-,19+,20-/m1/s1. The average Bonchev–Trinajstić information content (AvgIpc) is 2.50. The van der Waals surface area contributed by atoms with Gasteiger partial charge in [-0.05, 0) is 73.0 Å². The Kier molecular flexibility index (Phi) is 2.75. The van der Waals surface area contributed by atoms with Crippen LogP contribution in [0.15, 0.2) is 0 Å². The summed E-state index contributed by atoms with van der Waals surface area (Å²) in [4.78, 5) is 12.7. The molecule has 4 saturated carbocycles. The molecule has 1 spiro atoms. The first kappa shape index (κ1) is 15.2. The lowest BCUT2D eigenvalue weighted by atomic mass is 9.44. The first-order valence-electron chi connectivity index (χ1n) is 9.32. The highest BCUT2D eigenvalue weighted by molar-refractivity contribution is 5.84. The molecule has 7 atom stereocenters. The second kappa shape index (κ2) is 3.99. The van der Waals surface area contributed by atoms with Gasteiger partial charge in [-0.1, -0.05) is 27.7 Å². The molecule has 2 heteroatoms. The van der Waals surface area contributed by atoms with Crippen LogP contribution in [0.1, 0.15) is 73.1 Å². The van der Waals surface area contributed by atoms with Crippen LogP contribution in [0, 0.1) is 39.9 Å². The summed E-state index contributed by atoms with van der Waals surface area (Å²) < 4.78 is 0. The summed E-state index contributed by atoms with van der Waals surface area (Å²) in [6.45, 7) is 11.6. The Bertz CT molecular complexity index is 534. The Morgan fingerprint density at radius 1 is 1.05 bits per heavy atom. The van der Waals surface area contributed by atoms with E-state index in [1.54, 1.807) is 0 Å². The normalized spacial score (nSPS) is 59.3. The highest BCUT2D eigenvalue weighted by atomic mass is 16.3. The molecule has 0 radical (unpaired) electrons. The van der Waals surface area contributed by atoms with E-state index in [1.807, 2.05) is 0 Å². The van der Waals surface area contributed by atoms with Gasteiger partial charge in [0, 0.05) is 12.3 Å². The number of aliphatic hydroxyl groups is 1. The molecule has 0 aromatic carbocycles. The van der Waals surface area contributed by atoms with Crippen LogP contribution in [0.5, 0.6) is 0 Å². The summed E-state index contributed by atoms with van der Waals surface area (Å²) in [6.07, 6.45) is 6.29. The zero-order valence-electron chi connectivity index (χ0n) is 14.9. The molecule has 0 aromatic heterocycles. The Labute approximate surface area is 135 Å². The van der Waals surface area contributed by atoms with Crippen molar-refractivity contribution in [1.29, 1.82) is 0 Å². The summed E-state index contributed by atoms with van der Waals surface area (Å²) in [7, 11) is 0. The molecule has 0 aromatic rings. The molecule has 4 aliphatic carbocycles. The summed E-state index contributed by atoms with van der Waals surface area (Å²) >= 11 is 0. The van der Waals surface area contributed by atoms with Crippen molar-refractivity contribution in [2.45, 2.75) is 78.7 Å². The van der Waals surface area contributed by atoms with Crippen LogP contribution in [0.4, 0.5) is 0 Å². The molecule has 22 heavy (non-hydrogen) atoms. The number of carbonyl (C=O) groups excluding carboxylic acids is 1. The third kappa shape index (κ3) is 1.41. The van der Waals surface area contributed by atoms with Crippen LogP contribution in [0.2, 0.25) is 0 Å². The van der Waals surface area contributed by atoms with Crippen molar-refractivity contribution in [3.8, 4) is 0 Å². The van der Waals surface area contributed by atoms with Gasteiger partial charge in [-0.3, -0.25) is 4.79 Å². The van der Waals surface area contributed by atoms with E-state index >= 15 is 0 Å². The van der Waals surface area contributed by atoms with E-state index < -0.39 is 5.60 Å². The van der Waals surface area contributed by atoms with Crippen LogP contribution in [-0.4, -0.2) is 16.5 Å². The molecule has 0 heterocycles. The average molecular weight is 304 g/mol. The lowest BCUT2D eigenvalue weighted by Crippen LogP contribution is -2.56. The van der Waals surface area contributed by atoms with Crippen LogP contribution in [0.3, 0.4) is 0 Å². The van der Waals surface area contributed by atoms with Crippen molar-refractivity contribution in [3.05, 3.63) is 0 Å². The first-order chi connectivity index (χ1) is 10.1. The first-order valence-corrected chi connectivity index (χ1v) is 9.32. The topological polar surface area (TPSA) is 37.3 Å². The molecule has 124 valence electrons. The Morgan fingerprint density at radius 2 is 1.73 bits per heavy atom. The molecule has 4 fully saturated rings. The van der Waals surface area contributed by atoms with E-state index in [1.165, 1.54) is 12.8 Å². The molecule has 0 unspecified atom stereocenters. The van der Waals surface area contributed by atoms with E-state index in [4.69, 9.17) is 0 Å². The lowest BCUT2D eigenvalue weighted by molar-refractivity contribution is -0.156. The van der Waals surface area contributed by atoms with Gasteiger partial charge >= 0.3 is 0 Å². The Balaban J connectivity index is 1.90. The smallest absolute Gasteiger partial charge is 0.136 e. The van der Waals surface area contributed by atoms with Crippen molar-refractivity contribution >= 4 is 5.78 Å². The van der Waals surface area contributed by atoms with Crippen LogP contribution < -0.4 is 0 Å². The van der Waals surface area contributed by atoms with Crippen molar-refractivity contribution in [2.75, 3.05) is 0 Å². The molecule has 2 nitrogen and oxygen atoms in total. The maximum atomic E-state index is 12.7. The number of rotatable bonds is 0. The van der Waals surface area contributed by atoms with Gasteiger partial charge in [0.15, 0.2) is 0 Å². The minimum Gasteiger partial charge on any atom is -0.390 e. The van der Waals surface area contributed by atoms with Gasteiger partial charge in [0.25, 0.3) is 0 Å². The summed E-state index contributed by atoms with van der Waals surface area (Å²) in [5.74, 6) is 2.29. The van der Waals surface area contributed by atoms with Gasteiger partial charge in [-0.25, -0.2) is 0 Å². The molecule has 4 rings (SSSR count). The van der Waals surface area contributed by atoms with Crippen LogP contribution in [-0.2, 0) is 4.79 Å². The van der Waals surface area contributed by atoms with Gasteiger partial charge < -0.3 is 5.11 Å². The fourth-order valence-corrected chi connectivity index (χ4v) is 8.07. The van der Waals surface area contributed by atoms with Gasteiger partial charge in [0.1, 0.15) is 5.78 Å². The minimum atomic E-state index is -0.515. The number of fused-ring (bicyclic) bond motifs is 3. The Morgan fingerprint density at radius 3 is 2.32 bits per heavy atom. The third-order valence-corrected chi connectivity index (χ3v) is 9.30. The summed E-state index contributed by atoms with van der Waals surface area (Å²) in [5, 5.41) is 11.1. The third-order valence-electron chi connectivity index (χ3n) is 9.30. The molecule has 0 amide bonds. The Hall–Kier alpha value is -0.370. The fraction of sp³-hybridized carbons (Fsp3) is 0.950. The zero-order valence-corrected chi connectivity index (χ0v) is 14.9. The maximum Gasteiger partial charge on any atom is 0.136 e. The molecule has 1 N–H and O–H groups in total. The van der Waals surface area contributed by atoms with Gasteiger partial charge in [-0.2, -0.15) is 0 Å². The maximum absolute atomic E-state index is 12.7. The van der Waals surface area contributed by atoms with Crippen molar-refractivity contribution in [2.24, 2.45) is 39.9 Å². The summed E-state index contributed by atoms with van der Waals surface area (Å²) in [5.41, 5.74) is 0.0687. The monoisotopic (exact) mass is 304 g/mol. The summed E-state index contributed by atoms with van der Waals surface area (Å²) in [6, 6.07) is 0. The van der Waals surface area contributed by atoms with Crippen LogP contribution in [0.25, 0.3) is 0 Å². The highest BCUT2D eigenvalue weighted by Crippen LogP contribution is 2.77. The van der Waals surface area contributed by atoms with E-state index in [0.717, 1.165) is 25.7 Å². The van der Waals surface area contributed by atoms with Crippen molar-refractivity contribution in [1.82, 2.24) is 0 Å². The fourth-order valence-electron chi connectivity index (χ4n) is 8.07. The molecule has 0 aliphatic heterocycles. The van der Waals surface area contributed by atoms with Gasteiger partial charge in [0.2, 0.25) is 0 Å². The second-order valence-corrected chi connectivity index (χ2v) is 10.1. The van der Waals surface area contributed by atoms with Crippen molar-refractivity contribution in [3.63, 3.8) is 0 Å². The largest absolute Gasteiger partial charge is 0.390 e. The molecule has 0 saturated heterocycles. The van der Waals surface area contributed by atoms with E-state index in [-0.39, 0.29) is 22.2 Å². The quantitative estimate of drug-likeness (QED) is 0.728. The molecule has 4 aliphatic rings. The number of hydrogen-bond acceptors (Lipinski definition) is 2. The number of ketones is 1. The second-order valence-electron chi connectivity index (χ2n) is 10.1. The van der Waals surface area contributed by atoms with Crippen LogP contribution >= 0.6 is 0 Å². The zero-order chi connectivity index (χ0) is 16.1. The molecule has 2 bridgehead atoms. The molecular formula is C20H32O2. The van der Waals surface area contributed by atoms with Gasteiger partial charge in [-0.15, -0.1) is 0 Å². The predicted molar refractivity (Wildman–Crippen MR) is 87.3 cm³/mol. The lowest BCUT2D eigenvalue weighted by Gasteiger charge is -2.60. The van der Waals surface area contributed by atoms with E-state index in [2.05, 4.69) is 34.6 Å². The number of carbonyl (C=O) groups is 1. The predicted octanol–water partition coefficient (Wildman–Crippen LogP) is 4.21.